The van der Waals surface area contributed by atoms with Crippen LogP contribution in [0.25, 0.3) is 0 Å². The maximum Gasteiger partial charge on any atom is 0.289 e. The van der Waals surface area contributed by atoms with Gasteiger partial charge in [0.05, 0.1) is 0 Å². The minimum absolute atomic E-state index is 0. The molecule has 27 heavy (non-hydrogen) atoms. The van der Waals surface area contributed by atoms with Crippen molar-refractivity contribution in [3.63, 3.8) is 0 Å². The number of benzene rings is 1. The molecule has 1 atom stereocenters. The first kappa shape index (κ1) is 23.1. The summed E-state index contributed by atoms with van der Waals surface area (Å²) in [6.45, 7) is 9.12. The molecule has 0 saturated heterocycles. The summed E-state index contributed by atoms with van der Waals surface area (Å²) >= 11 is 0. The smallest absolute Gasteiger partial charge is 0.289 e. The molecule has 2 N–H and O–H groups in total. The van der Waals surface area contributed by atoms with E-state index in [0.717, 1.165) is 17.7 Å². The Hall–Kier alpha value is -1.98. The molecule has 0 bridgehead atoms. The van der Waals surface area contributed by atoms with Crippen LogP contribution in [-0.2, 0) is 6.61 Å². The van der Waals surface area contributed by atoms with Crippen molar-refractivity contribution in [2.75, 3.05) is 13.6 Å². The second-order valence-corrected chi connectivity index (χ2v) is 7.25. The Bertz CT molecular complexity index is 743. The zero-order valence-electron chi connectivity index (χ0n) is 16.8. The van der Waals surface area contributed by atoms with Gasteiger partial charge >= 0.3 is 0 Å². The van der Waals surface area contributed by atoms with Crippen LogP contribution in [0.4, 0.5) is 0 Å². The number of halogens is 1. The van der Waals surface area contributed by atoms with Gasteiger partial charge in [0.15, 0.2) is 5.76 Å². The van der Waals surface area contributed by atoms with Crippen molar-refractivity contribution in [3.8, 4) is 5.75 Å². The molecule has 1 heterocycles. The van der Waals surface area contributed by atoms with Gasteiger partial charge < -0.3 is 19.8 Å². The number of aryl methyl sites for hydroxylation is 2. The van der Waals surface area contributed by atoms with Crippen molar-refractivity contribution in [3.05, 3.63) is 53.0 Å². The Morgan fingerprint density at radius 2 is 1.93 bits per heavy atom. The lowest BCUT2D eigenvalue weighted by atomic mass is 10.0. The lowest BCUT2D eigenvalue weighted by Crippen LogP contribution is -2.34. The van der Waals surface area contributed by atoms with Gasteiger partial charge in [-0.3, -0.25) is 4.79 Å². The first-order valence-electron chi connectivity index (χ1n) is 9.07. The minimum Gasteiger partial charge on any atom is -0.485 e. The molecule has 1 aromatic carbocycles. The van der Waals surface area contributed by atoms with E-state index in [-0.39, 0.29) is 24.4 Å². The number of nitrogens with zero attached hydrogens (tertiary/aromatic N) is 1. The topological polar surface area (TPSA) is 68.7 Å². The zero-order chi connectivity index (χ0) is 19.3. The molecule has 1 unspecified atom stereocenters. The van der Waals surface area contributed by atoms with E-state index in [1.54, 1.807) is 24.1 Å². The molecule has 0 saturated carbocycles. The lowest BCUT2D eigenvalue weighted by Gasteiger charge is -2.20. The van der Waals surface area contributed by atoms with E-state index in [1.165, 1.54) is 5.56 Å². The van der Waals surface area contributed by atoms with E-state index in [4.69, 9.17) is 14.9 Å². The number of nitrogens with two attached hydrogens (primary N) is 1. The van der Waals surface area contributed by atoms with Crippen molar-refractivity contribution >= 4 is 18.3 Å². The first-order chi connectivity index (χ1) is 12.3. The summed E-state index contributed by atoms with van der Waals surface area (Å²) in [5, 5.41) is 0. The Morgan fingerprint density at radius 1 is 1.22 bits per heavy atom. The van der Waals surface area contributed by atoms with E-state index in [0.29, 0.717) is 30.6 Å². The molecule has 0 radical (unpaired) electrons. The third kappa shape index (κ3) is 6.60. The highest BCUT2D eigenvalue weighted by Crippen LogP contribution is 2.21. The normalized spacial score (nSPS) is 11.8. The Kier molecular flexibility index (Phi) is 8.86. The van der Waals surface area contributed by atoms with Crippen molar-refractivity contribution in [2.45, 2.75) is 46.8 Å². The highest BCUT2D eigenvalue weighted by Gasteiger charge is 2.18. The molecular weight excluding hydrogens is 364 g/mol. The van der Waals surface area contributed by atoms with E-state index in [9.17, 15) is 4.79 Å². The first-order valence-corrected chi connectivity index (χ1v) is 9.07. The highest BCUT2D eigenvalue weighted by molar-refractivity contribution is 5.91. The summed E-state index contributed by atoms with van der Waals surface area (Å²) in [5.41, 5.74) is 8.32. The van der Waals surface area contributed by atoms with Gasteiger partial charge in [-0.2, -0.15) is 0 Å². The van der Waals surface area contributed by atoms with Gasteiger partial charge in [-0.25, -0.2) is 0 Å². The molecule has 0 fully saturated rings. The molecule has 6 heteroatoms. The second-order valence-electron chi connectivity index (χ2n) is 7.25. The van der Waals surface area contributed by atoms with Crippen LogP contribution < -0.4 is 10.5 Å². The Morgan fingerprint density at radius 3 is 2.56 bits per heavy atom. The molecule has 5 nitrogen and oxygen atoms in total. The van der Waals surface area contributed by atoms with Crippen LogP contribution in [0.15, 0.2) is 34.7 Å². The fourth-order valence-electron chi connectivity index (χ4n) is 2.65. The average Bonchev–Trinajstić information content (AvgIpc) is 3.06. The number of hydrogen-bond donors (Lipinski definition) is 1. The molecule has 2 rings (SSSR count). The van der Waals surface area contributed by atoms with E-state index in [1.807, 2.05) is 26.0 Å². The van der Waals surface area contributed by atoms with Crippen LogP contribution in [0.2, 0.25) is 0 Å². The molecule has 1 aromatic heterocycles. The number of ether oxygens (including phenoxy) is 1. The number of rotatable bonds is 8. The summed E-state index contributed by atoms with van der Waals surface area (Å²) in [5.74, 6) is 2.03. The maximum atomic E-state index is 12.5. The largest absolute Gasteiger partial charge is 0.485 e. The Labute approximate surface area is 168 Å². The van der Waals surface area contributed by atoms with Gasteiger partial charge in [-0.15, -0.1) is 12.4 Å². The maximum absolute atomic E-state index is 12.5. The van der Waals surface area contributed by atoms with Crippen LogP contribution in [0, 0.1) is 19.8 Å². The molecule has 0 spiro atoms. The number of carbonyl (C=O) groups excluding carboxylic acids is 1. The number of amides is 1. The van der Waals surface area contributed by atoms with E-state index < -0.39 is 0 Å². The average molecular weight is 395 g/mol. The molecule has 2 aromatic rings. The van der Waals surface area contributed by atoms with Crippen LogP contribution in [0.3, 0.4) is 0 Å². The highest BCUT2D eigenvalue weighted by atomic mass is 35.5. The molecule has 0 aliphatic carbocycles. The number of carbonyl (C=O) groups is 1. The van der Waals surface area contributed by atoms with Gasteiger partial charge in [0.1, 0.15) is 18.1 Å². The number of furan rings is 1. The summed E-state index contributed by atoms with van der Waals surface area (Å²) in [7, 11) is 1.77. The van der Waals surface area contributed by atoms with Gasteiger partial charge in [-0.1, -0.05) is 31.5 Å². The monoisotopic (exact) mass is 394 g/mol. The molecular formula is C21H31ClN2O3. The van der Waals surface area contributed by atoms with Crippen LogP contribution in [0.5, 0.6) is 5.75 Å². The predicted molar refractivity (Wildman–Crippen MR) is 111 cm³/mol. The lowest BCUT2D eigenvalue weighted by molar-refractivity contribution is 0.0753. The summed E-state index contributed by atoms with van der Waals surface area (Å²) in [6, 6.07) is 9.60. The van der Waals surface area contributed by atoms with Crippen molar-refractivity contribution in [2.24, 2.45) is 11.7 Å². The Balaban J connectivity index is 0.00000364. The van der Waals surface area contributed by atoms with Crippen LogP contribution in [-0.4, -0.2) is 30.4 Å². The SMILES string of the molecule is Cc1ccc(OCc2ccc(C(=O)N(C)CCC(N)C(C)C)o2)c(C)c1.Cl. The van der Waals surface area contributed by atoms with E-state index in [2.05, 4.69) is 19.9 Å². The van der Waals surface area contributed by atoms with Gasteiger partial charge in [0, 0.05) is 19.6 Å². The number of hydrogen-bond acceptors (Lipinski definition) is 4. The van der Waals surface area contributed by atoms with Gasteiger partial charge in [0.25, 0.3) is 5.91 Å². The third-order valence-corrected chi connectivity index (χ3v) is 4.57. The fourth-order valence-corrected chi connectivity index (χ4v) is 2.65. The standard InChI is InChI=1S/C21H30N2O3.ClH/c1-14(2)18(22)10-11-23(5)21(24)20-9-7-17(26-20)13-25-19-8-6-15(3)12-16(19)4;/h6-9,12,14,18H,10-11,13,22H2,1-5H3;1H. The van der Waals surface area contributed by atoms with Crippen molar-refractivity contribution in [1.29, 1.82) is 0 Å². The quantitative estimate of drug-likeness (QED) is 0.722. The predicted octanol–water partition coefficient (Wildman–Crippen LogP) is 4.34. The minimum atomic E-state index is -0.140. The summed E-state index contributed by atoms with van der Waals surface area (Å²) in [4.78, 5) is 14.1. The van der Waals surface area contributed by atoms with E-state index >= 15 is 0 Å². The molecule has 1 amide bonds. The van der Waals surface area contributed by atoms with Crippen molar-refractivity contribution < 1.29 is 13.9 Å². The molecule has 0 aliphatic heterocycles. The van der Waals surface area contributed by atoms with Gasteiger partial charge in [0.2, 0.25) is 0 Å². The summed E-state index contributed by atoms with van der Waals surface area (Å²) in [6.07, 6.45) is 0.767. The van der Waals surface area contributed by atoms with Crippen LogP contribution >= 0.6 is 12.4 Å². The van der Waals surface area contributed by atoms with Gasteiger partial charge in [-0.05, 0) is 49.9 Å². The zero-order valence-corrected chi connectivity index (χ0v) is 17.6. The molecule has 0 aliphatic rings. The van der Waals surface area contributed by atoms with Crippen molar-refractivity contribution in [1.82, 2.24) is 4.90 Å². The fraction of sp³-hybridized carbons (Fsp3) is 0.476. The third-order valence-electron chi connectivity index (χ3n) is 4.57. The second kappa shape index (κ2) is 10.4. The molecule has 150 valence electrons. The van der Waals surface area contributed by atoms with Crippen LogP contribution in [0.1, 0.15) is 47.7 Å². The summed E-state index contributed by atoms with van der Waals surface area (Å²) < 4.78 is 11.5.